The van der Waals surface area contributed by atoms with Gasteiger partial charge in [-0.2, -0.15) is 0 Å². The molecule has 1 rings (SSSR count). The van der Waals surface area contributed by atoms with Crippen LogP contribution in [-0.2, 0) is 6.54 Å². The maximum absolute atomic E-state index is 3.43. The summed E-state index contributed by atoms with van der Waals surface area (Å²) < 4.78 is 0. The Balaban J connectivity index is 2.01. The molecule has 0 aliphatic heterocycles. The van der Waals surface area contributed by atoms with Gasteiger partial charge in [-0.25, -0.2) is 0 Å². The minimum absolute atomic E-state index is 1.09. The Hall–Kier alpha value is -0.380. The second-order valence-electron chi connectivity index (χ2n) is 3.92. The van der Waals surface area contributed by atoms with Crippen LogP contribution in [0.25, 0.3) is 0 Å². The molecule has 0 radical (unpaired) electrons. The molecule has 86 valence electrons. The summed E-state index contributed by atoms with van der Waals surface area (Å²) in [4.78, 5) is 3.85. The van der Waals surface area contributed by atoms with Gasteiger partial charge < -0.3 is 10.2 Å². The fraction of sp³-hybridized carbons (Fsp3) is 0.667. The minimum Gasteiger partial charge on any atom is -0.317 e. The summed E-state index contributed by atoms with van der Waals surface area (Å²) in [6.45, 7) is 6.76. The van der Waals surface area contributed by atoms with E-state index in [4.69, 9.17) is 0 Å². The predicted octanol–water partition coefficient (Wildman–Crippen LogP) is 2.57. The van der Waals surface area contributed by atoms with Crippen molar-refractivity contribution in [3.05, 3.63) is 22.4 Å². The van der Waals surface area contributed by atoms with Crippen molar-refractivity contribution in [1.82, 2.24) is 10.2 Å². The van der Waals surface area contributed by atoms with Crippen molar-refractivity contribution in [2.75, 3.05) is 26.7 Å². The van der Waals surface area contributed by atoms with Gasteiger partial charge in [-0.3, -0.25) is 0 Å². The van der Waals surface area contributed by atoms with Gasteiger partial charge in [0.05, 0.1) is 0 Å². The summed E-state index contributed by atoms with van der Waals surface area (Å²) >= 11 is 1.84. The maximum Gasteiger partial charge on any atom is 0.0324 e. The summed E-state index contributed by atoms with van der Waals surface area (Å²) in [5, 5.41) is 5.57. The molecule has 0 bridgehead atoms. The molecule has 0 aromatic carbocycles. The van der Waals surface area contributed by atoms with E-state index in [-0.39, 0.29) is 0 Å². The van der Waals surface area contributed by atoms with Crippen molar-refractivity contribution in [3.63, 3.8) is 0 Å². The summed E-state index contributed by atoms with van der Waals surface area (Å²) in [6, 6.07) is 4.33. The molecule has 0 spiro atoms. The zero-order valence-electron chi connectivity index (χ0n) is 9.83. The Morgan fingerprint density at radius 3 is 2.93 bits per heavy atom. The Morgan fingerprint density at radius 2 is 2.27 bits per heavy atom. The third-order valence-corrected chi connectivity index (χ3v) is 3.19. The molecule has 1 N–H and O–H groups in total. The fourth-order valence-electron chi connectivity index (χ4n) is 1.52. The number of rotatable bonds is 8. The molecule has 0 saturated heterocycles. The smallest absolute Gasteiger partial charge is 0.0324 e. The van der Waals surface area contributed by atoms with Gasteiger partial charge in [-0.05, 0) is 51.0 Å². The first-order valence-corrected chi connectivity index (χ1v) is 6.62. The van der Waals surface area contributed by atoms with Gasteiger partial charge in [-0.15, -0.1) is 11.3 Å². The monoisotopic (exact) mass is 226 g/mol. The minimum atomic E-state index is 1.09. The Morgan fingerprint density at radius 1 is 1.40 bits per heavy atom. The van der Waals surface area contributed by atoms with Crippen LogP contribution in [0.4, 0.5) is 0 Å². The van der Waals surface area contributed by atoms with Gasteiger partial charge in [0.1, 0.15) is 0 Å². The van der Waals surface area contributed by atoms with Gasteiger partial charge in [0.2, 0.25) is 0 Å². The molecule has 15 heavy (non-hydrogen) atoms. The van der Waals surface area contributed by atoms with Crippen LogP contribution >= 0.6 is 11.3 Å². The Labute approximate surface area is 97.3 Å². The van der Waals surface area contributed by atoms with E-state index in [1.807, 2.05) is 11.3 Å². The van der Waals surface area contributed by atoms with E-state index >= 15 is 0 Å². The van der Waals surface area contributed by atoms with Gasteiger partial charge in [0.15, 0.2) is 0 Å². The van der Waals surface area contributed by atoms with Crippen molar-refractivity contribution in [2.24, 2.45) is 0 Å². The molecular weight excluding hydrogens is 204 g/mol. The first-order chi connectivity index (χ1) is 7.33. The number of hydrogen-bond acceptors (Lipinski definition) is 3. The number of hydrogen-bond donors (Lipinski definition) is 1. The van der Waals surface area contributed by atoms with E-state index in [2.05, 4.69) is 41.7 Å². The summed E-state index contributed by atoms with van der Waals surface area (Å²) in [5.41, 5.74) is 0. The Bertz CT molecular complexity index is 234. The van der Waals surface area contributed by atoms with Crippen molar-refractivity contribution < 1.29 is 0 Å². The standard InChI is InChI=1S/C12H22N2S/c1-3-7-13-8-5-9-14(2)11-12-6-4-10-15-12/h4,6,10,13H,3,5,7-9,11H2,1-2H3. The van der Waals surface area contributed by atoms with E-state index in [0.29, 0.717) is 0 Å². The van der Waals surface area contributed by atoms with E-state index < -0.39 is 0 Å². The van der Waals surface area contributed by atoms with Crippen LogP contribution in [0, 0.1) is 0 Å². The molecule has 3 heteroatoms. The molecule has 0 aliphatic carbocycles. The van der Waals surface area contributed by atoms with E-state index in [1.165, 1.54) is 24.3 Å². The van der Waals surface area contributed by atoms with E-state index in [9.17, 15) is 0 Å². The molecule has 1 heterocycles. The number of nitrogens with zero attached hydrogens (tertiary/aromatic N) is 1. The first kappa shape index (κ1) is 12.7. The molecule has 0 amide bonds. The molecule has 0 fully saturated rings. The third kappa shape index (κ3) is 5.92. The van der Waals surface area contributed by atoms with Crippen LogP contribution in [0.1, 0.15) is 24.6 Å². The van der Waals surface area contributed by atoms with Crippen LogP contribution in [0.5, 0.6) is 0 Å². The zero-order chi connectivity index (χ0) is 10.9. The summed E-state index contributed by atoms with van der Waals surface area (Å²) in [6.07, 6.45) is 2.47. The SMILES string of the molecule is CCCNCCCN(C)Cc1cccs1. The Kier molecular flexibility index (Phi) is 6.64. The summed E-state index contributed by atoms with van der Waals surface area (Å²) in [5.74, 6) is 0. The lowest BCUT2D eigenvalue weighted by Crippen LogP contribution is -2.23. The van der Waals surface area contributed by atoms with Crippen LogP contribution in [0.15, 0.2) is 17.5 Å². The highest BCUT2D eigenvalue weighted by Crippen LogP contribution is 2.10. The highest BCUT2D eigenvalue weighted by molar-refractivity contribution is 7.09. The molecule has 0 aliphatic rings. The lowest BCUT2D eigenvalue weighted by Gasteiger charge is -2.15. The van der Waals surface area contributed by atoms with Crippen molar-refractivity contribution in [3.8, 4) is 0 Å². The molecule has 1 aromatic heterocycles. The quantitative estimate of drug-likeness (QED) is 0.685. The zero-order valence-corrected chi connectivity index (χ0v) is 10.6. The van der Waals surface area contributed by atoms with Crippen molar-refractivity contribution in [1.29, 1.82) is 0 Å². The predicted molar refractivity (Wildman–Crippen MR) is 68.4 cm³/mol. The van der Waals surface area contributed by atoms with Gasteiger partial charge in [0, 0.05) is 11.4 Å². The van der Waals surface area contributed by atoms with Gasteiger partial charge >= 0.3 is 0 Å². The molecule has 1 aromatic rings. The van der Waals surface area contributed by atoms with Crippen LogP contribution < -0.4 is 5.32 Å². The lowest BCUT2D eigenvalue weighted by molar-refractivity contribution is 0.322. The van der Waals surface area contributed by atoms with Crippen LogP contribution in [0.3, 0.4) is 0 Å². The molecule has 0 saturated carbocycles. The average molecular weight is 226 g/mol. The average Bonchev–Trinajstić information content (AvgIpc) is 2.70. The summed E-state index contributed by atoms with van der Waals surface area (Å²) in [7, 11) is 2.19. The van der Waals surface area contributed by atoms with Crippen molar-refractivity contribution in [2.45, 2.75) is 26.3 Å². The fourth-order valence-corrected chi connectivity index (χ4v) is 2.31. The highest BCUT2D eigenvalue weighted by Gasteiger charge is 2.00. The first-order valence-electron chi connectivity index (χ1n) is 5.74. The molecule has 0 atom stereocenters. The second kappa shape index (κ2) is 7.85. The largest absolute Gasteiger partial charge is 0.317 e. The topological polar surface area (TPSA) is 15.3 Å². The normalized spacial score (nSPS) is 11.1. The number of thiophene rings is 1. The van der Waals surface area contributed by atoms with Gasteiger partial charge in [0.25, 0.3) is 0 Å². The molecule has 0 unspecified atom stereocenters. The van der Waals surface area contributed by atoms with Gasteiger partial charge in [-0.1, -0.05) is 13.0 Å². The second-order valence-corrected chi connectivity index (χ2v) is 4.95. The third-order valence-electron chi connectivity index (χ3n) is 2.33. The van der Waals surface area contributed by atoms with Crippen molar-refractivity contribution >= 4 is 11.3 Å². The highest BCUT2D eigenvalue weighted by atomic mass is 32.1. The molecular formula is C12H22N2S. The maximum atomic E-state index is 3.43. The van der Waals surface area contributed by atoms with E-state index in [1.54, 1.807) is 0 Å². The lowest BCUT2D eigenvalue weighted by atomic mass is 10.3. The molecule has 2 nitrogen and oxygen atoms in total. The van der Waals surface area contributed by atoms with Crippen LogP contribution in [0.2, 0.25) is 0 Å². The number of nitrogens with one attached hydrogen (secondary N) is 1. The van der Waals surface area contributed by atoms with E-state index in [0.717, 1.165) is 19.6 Å². The van der Waals surface area contributed by atoms with Crippen LogP contribution in [-0.4, -0.2) is 31.6 Å².